The maximum absolute atomic E-state index is 12.1. The second-order valence-electron chi connectivity index (χ2n) is 5.17. The van der Waals surface area contributed by atoms with Crippen molar-refractivity contribution in [3.05, 3.63) is 41.2 Å². The molecule has 100 valence electrons. The van der Waals surface area contributed by atoms with Gasteiger partial charge in [0.1, 0.15) is 5.69 Å². The highest BCUT2D eigenvalue weighted by Gasteiger charge is 2.23. The first-order valence-electron chi connectivity index (χ1n) is 7.02. The van der Waals surface area contributed by atoms with Gasteiger partial charge in [-0.25, -0.2) is 4.79 Å². The Kier molecular flexibility index (Phi) is 3.28. The van der Waals surface area contributed by atoms with E-state index in [1.165, 1.54) is 43.0 Å². The third-order valence-electron chi connectivity index (χ3n) is 4.04. The molecule has 19 heavy (non-hydrogen) atoms. The summed E-state index contributed by atoms with van der Waals surface area (Å²) in [6.07, 6.45) is 8.94. The molecule has 1 aliphatic rings. The van der Waals surface area contributed by atoms with Crippen LogP contribution < -0.4 is 0 Å². The molecular formula is C16H19NO2. The van der Waals surface area contributed by atoms with Crippen LogP contribution in [0.25, 0.3) is 5.52 Å². The number of nitrogens with zero attached hydrogens (tertiary/aromatic N) is 1. The van der Waals surface area contributed by atoms with Crippen LogP contribution in [-0.2, 0) is 17.6 Å². The summed E-state index contributed by atoms with van der Waals surface area (Å²) in [5.74, 6) is -0.219. The Bertz CT molecular complexity index is 612. The van der Waals surface area contributed by atoms with E-state index >= 15 is 0 Å². The van der Waals surface area contributed by atoms with Crippen molar-refractivity contribution in [2.45, 2.75) is 38.5 Å². The quantitative estimate of drug-likeness (QED) is 0.733. The van der Waals surface area contributed by atoms with E-state index in [0.29, 0.717) is 0 Å². The van der Waals surface area contributed by atoms with Gasteiger partial charge in [-0.3, -0.25) is 0 Å². The molecule has 0 N–H and O–H groups in total. The third-order valence-corrected chi connectivity index (χ3v) is 4.04. The van der Waals surface area contributed by atoms with Crippen molar-refractivity contribution in [2.24, 2.45) is 0 Å². The van der Waals surface area contributed by atoms with E-state index < -0.39 is 0 Å². The monoisotopic (exact) mass is 257 g/mol. The lowest BCUT2D eigenvalue weighted by Gasteiger charge is -2.10. The molecule has 0 unspecified atom stereocenters. The number of hydrogen-bond donors (Lipinski definition) is 0. The van der Waals surface area contributed by atoms with Gasteiger partial charge < -0.3 is 9.14 Å². The smallest absolute Gasteiger partial charge is 0.355 e. The summed E-state index contributed by atoms with van der Waals surface area (Å²) in [7, 11) is 1.46. The highest BCUT2D eigenvalue weighted by atomic mass is 16.5. The normalized spacial score (nSPS) is 15.6. The number of carbonyl (C=O) groups is 1. The van der Waals surface area contributed by atoms with E-state index in [9.17, 15) is 4.79 Å². The van der Waals surface area contributed by atoms with E-state index in [4.69, 9.17) is 4.74 Å². The molecule has 0 fully saturated rings. The van der Waals surface area contributed by atoms with Gasteiger partial charge in [-0.1, -0.05) is 18.9 Å². The van der Waals surface area contributed by atoms with Crippen molar-refractivity contribution in [1.82, 2.24) is 4.40 Å². The Morgan fingerprint density at radius 3 is 2.58 bits per heavy atom. The first-order valence-corrected chi connectivity index (χ1v) is 7.02. The zero-order valence-electron chi connectivity index (χ0n) is 11.3. The lowest BCUT2D eigenvalue weighted by Crippen LogP contribution is -2.09. The number of esters is 1. The van der Waals surface area contributed by atoms with Crippen LogP contribution in [0.5, 0.6) is 0 Å². The fourth-order valence-corrected chi connectivity index (χ4v) is 3.15. The van der Waals surface area contributed by atoms with Gasteiger partial charge >= 0.3 is 5.97 Å². The molecule has 0 radical (unpaired) electrons. The molecule has 3 nitrogen and oxygen atoms in total. The lowest BCUT2D eigenvalue weighted by atomic mass is 9.94. The molecule has 0 spiro atoms. The lowest BCUT2D eigenvalue weighted by molar-refractivity contribution is 0.0591. The van der Waals surface area contributed by atoms with E-state index in [-0.39, 0.29) is 5.97 Å². The molecular weight excluding hydrogens is 238 g/mol. The summed E-state index contributed by atoms with van der Waals surface area (Å²) in [4.78, 5) is 12.1. The molecule has 0 atom stereocenters. The molecule has 0 amide bonds. The fraction of sp³-hybridized carbons (Fsp3) is 0.438. The largest absolute Gasteiger partial charge is 0.464 e. The number of aryl methyl sites for hydroxylation is 1. The number of fused-ring (bicyclic) bond motifs is 3. The zero-order chi connectivity index (χ0) is 13.2. The molecule has 0 aromatic carbocycles. The van der Waals surface area contributed by atoms with Crippen LogP contribution in [0.15, 0.2) is 24.4 Å². The summed E-state index contributed by atoms with van der Waals surface area (Å²) in [6.45, 7) is 0. The Balaban J connectivity index is 2.26. The van der Waals surface area contributed by atoms with Crippen molar-refractivity contribution >= 4 is 11.5 Å². The van der Waals surface area contributed by atoms with Crippen molar-refractivity contribution in [1.29, 1.82) is 0 Å². The van der Waals surface area contributed by atoms with Crippen LogP contribution in [0.1, 0.15) is 47.3 Å². The van der Waals surface area contributed by atoms with Crippen molar-refractivity contribution in [3.63, 3.8) is 0 Å². The van der Waals surface area contributed by atoms with Gasteiger partial charge in [-0.15, -0.1) is 0 Å². The molecule has 3 rings (SSSR count). The Hall–Kier alpha value is -1.77. The minimum Gasteiger partial charge on any atom is -0.464 e. The number of hydrogen-bond acceptors (Lipinski definition) is 2. The summed E-state index contributed by atoms with van der Waals surface area (Å²) >= 11 is 0. The predicted molar refractivity (Wildman–Crippen MR) is 74.6 cm³/mol. The molecule has 0 saturated carbocycles. The molecule has 1 aliphatic carbocycles. The standard InChI is InChI=1S/C16H19NO2/c1-19-16(18)15-13-9-5-3-2-4-8-12(13)14-10-6-7-11-17(14)15/h6-7,10-11H,2-5,8-9H2,1H3. The topological polar surface area (TPSA) is 30.7 Å². The number of carbonyl (C=O) groups excluding carboxylic acids is 1. The minimum absolute atomic E-state index is 0.219. The average Bonchev–Trinajstić information content (AvgIpc) is 2.71. The molecule has 3 heteroatoms. The van der Waals surface area contributed by atoms with Crippen LogP contribution in [0.4, 0.5) is 0 Å². The van der Waals surface area contributed by atoms with Crippen molar-refractivity contribution in [3.8, 4) is 0 Å². The SMILES string of the molecule is COC(=O)c1c2c(c3ccccn13)CCCCCC2. The van der Waals surface area contributed by atoms with Gasteiger partial charge in [0.25, 0.3) is 0 Å². The van der Waals surface area contributed by atoms with E-state index in [1.807, 2.05) is 22.7 Å². The Labute approximate surface area is 113 Å². The number of methoxy groups -OCH3 is 1. The number of aromatic nitrogens is 1. The van der Waals surface area contributed by atoms with Crippen LogP contribution in [-0.4, -0.2) is 17.5 Å². The highest BCUT2D eigenvalue weighted by Crippen LogP contribution is 2.29. The number of pyridine rings is 1. The van der Waals surface area contributed by atoms with E-state index in [1.54, 1.807) is 0 Å². The summed E-state index contributed by atoms with van der Waals surface area (Å²) in [6, 6.07) is 6.11. The Morgan fingerprint density at radius 2 is 1.84 bits per heavy atom. The van der Waals surface area contributed by atoms with Crippen LogP contribution in [0.2, 0.25) is 0 Å². The van der Waals surface area contributed by atoms with Crippen molar-refractivity contribution in [2.75, 3.05) is 7.11 Å². The second-order valence-corrected chi connectivity index (χ2v) is 5.17. The van der Waals surface area contributed by atoms with Crippen LogP contribution in [0.3, 0.4) is 0 Å². The highest BCUT2D eigenvalue weighted by molar-refractivity contribution is 5.92. The first-order chi connectivity index (χ1) is 9.33. The first kappa shape index (κ1) is 12.3. The molecule has 0 aliphatic heterocycles. The molecule has 0 bridgehead atoms. The predicted octanol–water partition coefficient (Wildman–Crippen LogP) is 3.38. The maximum atomic E-state index is 12.1. The van der Waals surface area contributed by atoms with E-state index in [2.05, 4.69) is 6.07 Å². The molecule has 0 saturated heterocycles. The van der Waals surface area contributed by atoms with Gasteiger partial charge in [0.2, 0.25) is 0 Å². The van der Waals surface area contributed by atoms with Crippen LogP contribution >= 0.6 is 0 Å². The number of ether oxygens (including phenoxy) is 1. The minimum atomic E-state index is -0.219. The van der Waals surface area contributed by atoms with Gasteiger partial charge in [0.05, 0.1) is 7.11 Å². The zero-order valence-corrected chi connectivity index (χ0v) is 11.3. The molecule has 2 aromatic heterocycles. The van der Waals surface area contributed by atoms with Gasteiger partial charge in [-0.2, -0.15) is 0 Å². The average molecular weight is 257 g/mol. The van der Waals surface area contributed by atoms with Gasteiger partial charge in [-0.05, 0) is 48.9 Å². The third kappa shape index (κ3) is 2.03. The summed E-state index contributed by atoms with van der Waals surface area (Å²) < 4.78 is 6.98. The number of rotatable bonds is 1. The van der Waals surface area contributed by atoms with Crippen molar-refractivity contribution < 1.29 is 9.53 Å². The maximum Gasteiger partial charge on any atom is 0.355 e. The Morgan fingerprint density at radius 1 is 1.11 bits per heavy atom. The second kappa shape index (κ2) is 5.08. The van der Waals surface area contributed by atoms with Gasteiger partial charge in [0, 0.05) is 11.7 Å². The molecule has 2 aromatic rings. The summed E-state index contributed by atoms with van der Waals surface area (Å²) in [5.41, 5.74) is 4.45. The fourth-order valence-electron chi connectivity index (χ4n) is 3.15. The summed E-state index contributed by atoms with van der Waals surface area (Å²) in [5, 5.41) is 0. The van der Waals surface area contributed by atoms with Crippen LogP contribution in [0, 0.1) is 0 Å². The molecule has 2 heterocycles. The van der Waals surface area contributed by atoms with Gasteiger partial charge in [0.15, 0.2) is 0 Å². The van der Waals surface area contributed by atoms with E-state index in [0.717, 1.165) is 25.0 Å².